The van der Waals surface area contributed by atoms with E-state index < -0.39 is 6.10 Å². The van der Waals surface area contributed by atoms with Crippen molar-refractivity contribution < 1.29 is 24.2 Å². The molecular weight excluding hydrogens is 444 g/mol. The maximum Gasteiger partial charge on any atom is 0.305 e. The number of rotatable bonds is 12. The number of oxime groups is 1. The SMILES string of the molecule is CCCC(=O)OC[C@H](O)CN(Cc1cccc(OC)c1)C[C@@H]1CC(c2ccc(Cl)cc2)=NO1. The molecule has 7 nitrogen and oxygen atoms in total. The zero-order chi connectivity index (χ0) is 23.6. The highest BCUT2D eigenvalue weighted by Gasteiger charge is 2.26. The van der Waals surface area contributed by atoms with Gasteiger partial charge in [0.15, 0.2) is 0 Å². The lowest BCUT2D eigenvalue weighted by Crippen LogP contribution is -2.39. The summed E-state index contributed by atoms with van der Waals surface area (Å²) in [5, 5.41) is 15.5. The maximum atomic E-state index is 11.7. The van der Waals surface area contributed by atoms with Crippen LogP contribution < -0.4 is 4.74 Å². The summed E-state index contributed by atoms with van der Waals surface area (Å²) < 4.78 is 10.5. The molecule has 0 fully saturated rings. The van der Waals surface area contributed by atoms with Crippen molar-refractivity contribution in [1.82, 2.24) is 4.90 Å². The van der Waals surface area contributed by atoms with Crippen molar-refractivity contribution in [3.05, 3.63) is 64.7 Å². The number of nitrogens with zero attached hydrogens (tertiary/aromatic N) is 2. The van der Waals surface area contributed by atoms with Gasteiger partial charge in [-0.3, -0.25) is 9.69 Å². The van der Waals surface area contributed by atoms with Crippen molar-refractivity contribution in [2.24, 2.45) is 5.16 Å². The Morgan fingerprint density at radius 3 is 2.82 bits per heavy atom. The van der Waals surface area contributed by atoms with Gasteiger partial charge in [-0.25, -0.2) is 0 Å². The predicted octanol–water partition coefficient (Wildman–Crippen LogP) is 4.05. The summed E-state index contributed by atoms with van der Waals surface area (Å²) in [5.41, 5.74) is 2.89. The lowest BCUT2D eigenvalue weighted by atomic mass is 10.0. The van der Waals surface area contributed by atoms with E-state index >= 15 is 0 Å². The number of carbonyl (C=O) groups excluding carboxylic acids is 1. The van der Waals surface area contributed by atoms with Crippen LogP contribution in [0.25, 0.3) is 0 Å². The van der Waals surface area contributed by atoms with Gasteiger partial charge in [-0.1, -0.05) is 47.9 Å². The minimum atomic E-state index is -0.811. The number of hydrogen-bond acceptors (Lipinski definition) is 7. The van der Waals surface area contributed by atoms with Crippen LogP contribution in [0.1, 0.15) is 37.3 Å². The van der Waals surface area contributed by atoms with E-state index in [4.69, 9.17) is 25.9 Å². The number of aliphatic hydroxyl groups excluding tert-OH is 1. The van der Waals surface area contributed by atoms with Crippen LogP contribution in [-0.2, 0) is 20.9 Å². The first-order valence-electron chi connectivity index (χ1n) is 11.1. The Balaban J connectivity index is 1.62. The lowest BCUT2D eigenvalue weighted by Gasteiger charge is -2.27. The lowest BCUT2D eigenvalue weighted by molar-refractivity contribution is -0.147. The molecule has 0 amide bonds. The molecule has 0 radical (unpaired) electrons. The van der Waals surface area contributed by atoms with Crippen LogP contribution in [0.5, 0.6) is 5.75 Å². The molecule has 33 heavy (non-hydrogen) atoms. The van der Waals surface area contributed by atoms with Crippen LogP contribution in [-0.4, -0.2) is 60.7 Å². The molecule has 178 valence electrons. The number of aliphatic hydroxyl groups is 1. The molecule has 8 heteroatoms. The van der Waals surface area contributed by atoms with Gasteiger partial charge in [0.1, 0.15) is 24.6 Å². The second-order valence-electron chi connectivity index (χ2n) is 8.11. The summed E-state index contributed by atoms with van der Waals surface area (Å²) in [5.74, 6) is 0.475. The van der Waals surface area contributed by atoms with E-state index in [-0.39, 0.29) is 18.7 Å². The monoisotopic (exact) mass is 474 g/mol. The van der Waals surface area contributed by atoms with Crippen molar-refractivity contribution in [2.45, 2.75) is 44.9 Å². The first kappa shape index (κ1) is 25.0. The van der Waals surface area contributed by atoms with Crippen molar-refractivity contribution in [3.8, 4) is 5.75 Å². The maximum absolute atomic E-state index is 11.7. The van der Waals surface area contributed by atoms with Crippen LogP contribution in [0.2, 0.25) is 5.02 Å². The minimum absolute atomic E-state index is 0.0362. The molecule has 0 aromatic heterocycles. The van der Waals surface area contributed by atoms with Crippen LogP contribution >= 0.6 is 11.6 Å². The third-order valence-corrected chi connectivity index (χ3v) is 5.52. The number of benzene rings is 2. The van der Waals surface area contributed by atoms with Gasteiger partial charge in [0.05, 0.1) is 12.8 Å². The molecule has 0 unspecified atom stereocenters. The van der Waals surface area contributed by atoms with Crippen molar-refractivity contribution in [3.63, 3.8) is 0 Å². The quantitative estimate of drug-likeness (QED) is 0.467. The number of halogens is 1. The first-order chi connectivity index (χ1) is 16.0. The van der Waals surface area contributed by atoms with Crippen molar-refractivity contribution in [2.75, 3.05) is 26.8 Å². The zero-order valence-corrected chi connectivity index (χ0v) is 19.8. The molecule has 1 N–H and O–H groups in total. The Kier molecular flexibility index (Phi) is 9.54. The second kappa shape index (κ2) is 12.6. The number of methoxy groups -OCH3 is 1. The molecule has 1 heterocycles. The van der Waals surface area contributed by atoms with E-state index in [2.05, 4.69) is 10.1 Å². The van der Waals surface area contributed by atoms with Crippen LogP contribution in [0.15, 0.2) is 53.7 Å². The van der Waals surface area contributed by atoms with Crippen LogP contribution in [0, 0.1) is 0 Å². The highest BCUT2D eigenvalue weighted by Crippen LogP contribution is 2.21. The summed E-state index contributed by atoms with van der Waals surface area (Å²) in [6.45, 7) is 3.33. The molecule has 1 aliphatic heterocycles. The van der Waals surface area contributed by atoms with Crippen LogP contribution in [0.3, 0.4) is 0 Å². The molecule has 2 atom stereocenters. The summed E-state index contributed by atoms with van der Waals surface area (Å²) >= 11 is 5.98. The number of hydrogen-bond donors (Lipinski definition) is 1. The molecule has 0 bridgehead atoms. The fourth-order valence-corrected chi connectivity index (χ4v) is 3.80. The van der Waals surface area contributed by atoms with E-state index in [1.165, 1.54) is 0 Å². The number of ether oxygens (including phenoxy) is 2. The Labute approximate surface area is 199 Å². The molecule has 0 spiro atoms. The van der Waals surface area contributed by atoms with E-state index in [9.17, 15) is 9.90 Å². The number of esters is 1. The van der Waals surface area contributed by atoms with Gasteiger partial charge >= 0.3 is 5.97 Å². The second-order valence-corrected chi connectivity index (χ2v) is 8.55. The summed E-state index contributed by atoms with van der Waals surface area (Å²) in [6, 6.07) is 15.3. The zero-order valence-electron chi connectivity index (χ0n) is 19.1. The Bertz CT molecular complexity index is 935. The first-order valence-corrected chi connectivity index (χ1v) is 11.5. The topological polar surface area (TPSA) is 80.6 Å². The molecule has 2 aromatic rings. The minimum Gasteiger partial charge on any atom is -0.497 e. The normalized spacial score (nSPS) is 16.3. The Morgan fingerprint density at radius 1 is 1.30 bits per heavy atom. The molecule has 0 saturated heterocycles. The van der Waals surface area contributed by atoms with E-state index in [0.717, 1.165) is 22.6 Å². The van der Waals surface area contributed by atoms with Gasteiger partial charge in [0.2, 0.25) is 0 Å². The van der Waals surface area contributed by atoms with E-state index in [1.54, 1.807) is 7.11 Å². The van der Waals surface area contributed by atoms with Gasteiger partial charge in [0.25, 0.3) is 0 Å². The molecule has 0 aliphatic carbocycles. The largest absolute Gasteiger partial charge is 0.497 e. The van der Waals surface area contributed by atoms with Gasteiger partial charge in [-0.2, -0.15) is 0 Å². The fraction of sp³-hybridized carbons (Fsp3) is 0.440. The summed E-state index contributed by atoms with van der Waals surface area (Å²) in [6.07, 6.45) is 0.746. The van der Waals surface area contributed by atoms with Crippen LogP contribution in [0.4, 0.5) is 0 Å². The Morgan fingerprint density at radius 2 is 2.09 bits per heavy atom. The predicted molar refractivity (Wildman–Crippen MR) is 128 cm³/mol. The number of carbonyl (C=O) groups is 1. The summed E-state index contributed by atoms with van der Waals surface area (Å²) in [4.78, 5) is 19.4. The highest BCUT2D eigenvalue weighted by atomic mass is 35.5. The van der Waals surface area contributed by atoms with Crippen molar-refractivity contribution >= 4 is 23.3 Å². The van der Waals surface area contributed by atoms with Gasteiger partial charge in [-0.15, -0.1) is 0 Å². The molecular formula is C25H31ClN2O5. The fourth-order valence-electron chi connectivity index (χ4n) is 3.68. The molecule has 1 aliphatic rings. The smallest absolute Gasteiger partial charge is 0.305 e. The van der Waals surface area contributed by atoms with Gasteiger partial charge in [-0.05, 0) is 41.8 Å². The molecule has 3 rings (SSSR count). The van der Waals surface area contributed by atoms with E-state index in [1.807, 2.05) is 55.5 Å². The highest BCUT2D eigenvalue weighted by molar-refractivity contribution is 6.30. The van der Waals surface area contributed by atoms with Gasteiger partial charge < -0.3 is 19.4 Å². The standard InChI is InChI=1S/C25H31ClN2O5/c1-3-5-25(30)32-17-21(29)15-28(14-18-6-4-7-22(12-18)31-2)16-23-13-24(27-33-23)19-8-10-20(26)11-9-19/h4,6-12,21,23,29H,3,5,13-17H2,1-2H3/t21-,23+/m1/s1. The Hall–Kier alpha value is -2.61. The van der Waals surface area contributed by atoms with E-state index in [0.29, 0.717) is 43.9 Å². The van der Waals surface area contributed by atoms with Crippen molar-refractivity contribution in [1.29, 1.82) is 0 Å². The summed E-state index contributed by atoms with van der Waals surface area (Å²) in [7, 11) is 1.63. The molecule has 0 saturated carbocycles. The van der Waals surface area contributed by atoms with Gasteiger partial charge in [0, 0.05) is 37.5 Å². The average Bonchev–Trinajstić information content (AvgIpc) is 3.27. The molecule has 2 aromatic carbocycles. The third kappa shape index (κ3) is 8.03. The average molecular weight is 475 g/mol. The third-order valence-electron chi connectivity index (χ3n) is 5.27.